The van der Waals surface area contributed by atoms with Crippen LogP contribution in [0.5, 0.6) is 11.5 Å². The molecular weight excluding hydrogens is 790 g/mol. The van der Waals surface area contributed by atoms with Gasteiger partial charge < -0.3 is 33.0 Å². The number of carbonyl (C=O) groups is 2. The SMILES string of the molecule is CCCC(=O)Nc1ncnc2c1ncn2[C@H]1C[C@H](OP(OC(=O)C(C)(C)C)O[Si](C)(C)C)[C@@H](COC(c2ccccc2)(c2ccc(OC)cc2)c2ccc(OC)cc2)O1. The minimum atomic E-state index is -2.30. The van der Waals surface area contributed by atoms with Crippen LogP contribution in [0, 0.1) is 5.41 Å². The molecule has 16 heteroatoms. The summed E-state index contributed by atoms with van der Waals surface area (Å²) in [5.74, 6) is 1.10. The molecule has 3 heterocycles. The van der Waals surface area contributed by atoms with Crippen LogP contribution in [-0.4, -0.2) is 72.7 Å². The average molecular weight is 844 g/mol. The van der Waals surface area contributed by atoms with Gasteiger partial charge in [-0.25, -0.2) is 15.0 Å². The fraction of sp³-hybridized carbons (Fsp3) is 0.419. The first-order valence-electron chi connectivity index (χ1n) is 19.6. The smallest absolute Gasteiger partial charge is 0.388 e. The van der Waals surface area contributed by atoms with Crippen molar-refractivity contribution in [2.45, 2.75) is 90.6 Å². The van der Waals surface area contributed by atoms with E-state index in [1.54, 1.807) is 45.9 Å². The van der Waals surface area contributed by atoms with Gasteiger partial charge >= 0.3 is 14.6 Å². The molecular formula is C43H54N5O9PSi. The Bertz CT molecular complexity index is 2130. The third kappa shape index (κ3) is 10.3. The lowest BCUT2D eigenvalue weighted by atomic mass is 9.80. The van der Waals surface area contributed by atoms with E-state index >= 15 is 0 Å². The summed E-state index contributed by atoms with van der Waals surface area (Å²) in [5.41, 5.74) is 1.51. The van der Waals surface area contributed by atoms with Crippen molar-refractivity contribution in [3.63, 3.8) is 0 Å². The molecule has 59 heavy (non-hydrogen) atoms. The molecule has 0 spiro atoms. The van der Waals surface area contributed by atoms with Crippen molar-refractivity contribution in [3.8, 4) is 11.5 Å². The molecule has 14 nitrogen and oxygen atoms in total. The summed E-state index contributed by atoms with van der Waals surface area (Å²) in [6.45, 7) is 13.4. The van der Waals surface area contributed by atoms with Crippen molar-refractivity contribution in [1.29, 1.82) is 0 Å². The Balaban J connectivity index is 1.42. The molecule has 0 bridgehead atoms. The van der Waals surface area contributed by atoms with Gasteiger partial charge in [-0.05, 0) is 87.8 Å². The van der Waals surface area contributed by atoms with Gasteiger partial charge in [0, 0.05) is 12.8 Å². The lowest BCUT2D eigenvalue weighted by Crippen LogP contribution is -2.38. The molecule has 1 saturated heterocycles. The highest BCUT2D eigenvalue weighted by Crippen LogP contribution is 2.50. The highest BCUT2D eigenvalue weighted by atomic mass is 31.2. The number of aromatic nitrogens is 4. The molecule has 3 aromatic carbocycles. The number of amides is 1. The molecule has 6 rings (SSSR count). The van der Waals surface area contributed by atoms with Crippen LogP contribution in [0.2, 0.25) is 19.6 Å². The van der Waals surface area contributed by atoms with E-state index in [1.165, 1.54) is 6.33 Å². The molecule has 1 aliphatic heterocycles. The Labute approximate surface area is 348 Å². The van der Waals surface area contributed by atoms with Gasteiger partial charge in [0.25, 0.3) is 0 Å². The molecule has 1 unspecified atom stereocenters. The highest BCUT2D eigenvalue weighted by Gasteiger charge is 2.46. The van der Waals surface area contributed by atoms with Gasteiger partial charge in [0.05, 0.1) is 32.6 Å². The molecule has 1 amide bonds. The van der Waals surface area contributed by atoms with Crippen LogP contribution in [0.25, 0.3) is 11.2 Å². The van der Waals surface area contributed by atoms with Crippen molar-refractivity contribution >= 4 is 45.8 Å². The molecule has 0 radical (unpaired) electrons. The number of methoxy groups -OCH3 is 2. The first-order valence-corrected chi connectivity index (χ1v) is 24.2. The van der Waals surface area contributed by atoms with Gasteiger partial charge in [0.2, 0.25) is 5.91 Å². The molecule has 0 aliphatic carbocycles. The quantitative estimate of drug-likeness (QED) is 0.0540. The number of nitrogens with zero attached hydrogens (tertiary/aromatic N) is 4. The number of nitrogens with one attached hydrogen (secondary N) is 1. The van der Waals surface area contributed by atoms with Gasteiger partial charge in [-0.15, -0.1) is 0 Å². The van der Waals surface area contributed by atoms with E-state index in [1.807, 2.05) is 105 Å². The third-order valence-electron chi connectivity index (χ3n) is 9.56. The zero-order chi connectivity index (χ0) is 42.4. The Hall–Kier alpha value is -4.76. The predicted molar refractivity (Wildman–Crippen MR) is 227 cm³/mol. The van der Waals surface area contributed by atoms with Crippen LogP contribution in [0.3, 0.4) is 0 Å². The molecule has 1 aliphatic rings. The number of ether oxygens (including phenoxy) is 4. The summed E-state index contributed by atoms with van der Waals surface area (Å²) in [6.07, 6.45) is 2.28. The van der Waals surface area contributed by atoms with E-state index in [0.717, 1.165) is 16.7 Å². The minimum absolute atomic E-state index is 0.0252. The molecule has 0 saturated carbocycles. The summed E-state index contributed by atoms with van der Waals surface area (Å²) in [5, 5.41) is 2.86. The Morgan fingerprint density at radius 1 is 0.881 bits per heavy atom. The van der Waals surface area contributed by atoms with Crippen molar-refractivity contribution in [2.75, 3.05) is 26.1 Å². The molecule has 4 atom stereocenters. The van der Waals surface area contributed by atoms with Crippen LogP contribution in [0.4, 0.5) is 5.82 Å². The molecule has 2 aromatic heterocycles. The normalized spacial score (nSPS) is 17.7. The largest absolute Gasteiger partial charge is 0.497 e. The van der Waals surface area contributed by atoms with Crippen molar-refractivity contribution in [1.82, 2.24) is 19.5 Å². The Morgan fingerprint density at radius 3 is 2.05 bits per heavy atom. The number of anilines is 1. The third-order valence-corrected chi connectivity index (χ3v) is 13.1. The van der Waals surface area contributed by atoms with Gasteiger partial charge in [-0.3, -0.25) is 18.7 Å². The number of rotatable bonds is 17. The second-order valence-electron chi connectivity index (χ2n) is 16.2. The van der Waals surface area contributed by atoms with E-state index < -0.39 is 52.3 Å². The standard InChI is InChI=1S/C43H54N5O9PSi/c1-10-14-36(49)47-39-38-40(45-27-44-39)48(28-46-38)37-25-34(55-58(57-59(7,8)9)56-41(50)42(2,3)4)35(54-37)26-53-43(29-15-12-11-13-16-29,30-17-21-32(51-5)22-18-30)31-19-23-33(52-6)24-20-31/h11-13,15-24,27-28,34-35,37H,10,14,25-26H2,1-9H3,(H,44,45,47,49)/t34-,35+,37+,58?/m0/s1. The maximum absolute atomic E-state index is 13.3. The number of benzene rings is 3. The van der Waals surface area contributed by atoms with Gasteiger partial charge in [0.1, 0.15) is 41.9 Å². The Kier molecular flexibility index (Phi) is 13.9. The Morgan fingerprint density at radius 2 is 1.49 bits per heavy atom. The zero-order valence-corrected chi connectivity index (χ0v) is 37.0. The number of hydrogen-bond acceptors (Lipinski definition) is 12. The van der Waals surface area contributed by atoms with Gasteiger partial charge in [0.15, 0.2) is 25.3 Å². The van der Waals surface area contributed by atoms with E-state index in [2.05, 4.69) is 20.3 Å². The second-order valence-corrected chi connectivity index (χ2v) is 22.0. The maximum Gasteiger partial charge on any atom is 0.388 e. The number of fused-ring (bicyclic) bond motifs is 1. The fourth-order valence-electron chi connectivity index (χ4n) is 6.59. The lowest BCUT2D eigenvalue weighted by molar-refractivity contribution is -0.144. The van der Waals surface area contributed by atoms with Crippen molar-refractivity contribution in [3.05, 3.63) is 108 Å². The van der Waals surface area contributed by atoms with Crippen molar-refractivity contribution < 1.29 is 41.8 Å². The number of hydrogen-bond donors (Lipinski definition) is 1. The average Bonchev–Trinajstić information content (AvgIpc) is 3.82. The second kappa shape index (κ2) is 18.7. The first-order chi connectivity index (χ1) is 28.1. The summed E-state index contributed by atoms with van der Waals surface area (Å²) in [4.78, 5) is 39.3. The molecule has 314 valence electrons. The summed E-state index contributed by atoms with van der Waals surface area (Å²) < 4.78 is 46.2. The van der Waals surface area contributed by atoms with Crippen LogP contribution in [0.15, 0.2) is 91.5 Å². The first kappa shape index (κ1) is 43.8. The molecule has 1 fully saturated rings. The lowest BCUT2D eigenvalue weighted by Gasteiger charge is -2.37. The van der Waals surface area contributed by atoms with Crippen LogP contribution >= 0.6 is 8.60 Å². The van der Waals surface area contributed by atoms with E-state index in [4.69, 9.17) is 32.2 Å². The van der Waals surface area contributed by atoms with Gasteiger partial charge in [-0.1, -0.05) is 61.5 Å². The minimum Gasteiger partial charge on any atom is -0.497 e. The summed E-state index contributed by atoms with van der Waals surface area (Å²) in [6, 6.07) is 25.6. The van der Waals surface area contributed by atoms with E-state index in [0.29, 0.717) is 47.7 Å². The summed E-state index contributed by atoms with van der Waals surface area (Å²) >= 11 is 0. The predicted octanol–water partition coefficient (Wildman–Crippen LogP) is 8.93. The fourth-order valence-corrected chi connectivity index (χ4v) is 9.60. The van der Waals surface area contributed by atoms with E-state index in [-0.39, 0.29) is 12.5 Å². The highest BCUT2D eigenvalue weighted by molar-refractivity contribution is 7.44. The van der Waals surface area contributed by atoms with Crippen molar-refractivity contribution in [2.24, 2.45) is 5.41 Å². The van der Waals surface area contributed by atoms with Crippen LogP contribution in [-0.2, 0) is 37.9 Å². The monoisotopic (exact) mass is 843 g/mol. The van der Waals surface area contributed by atoms with E-state index in [9.17, 15) is 9.59 Å². The maximum atomic E-state index is 13.3. The topological polar surface area (TPSA) is 154 Å². The summed E-state index contributed by atoms with van der Waals surface area (Å²) in [7, 11) is -1.19. The molecule has 5 aromatic rings. The number of carbonyl (C=O) groups excluding carboxylic acids is 2. The number of imidazole rings is 1. The zero-order valence-electron chi connectivity index (χ0n) is 35.1. The van der Waals surface area contributed by atoms with Crippen LogP contribution < -0.4 is 14.8 Å². The van der Waals surface area contributed by atoms with Crippen LogP contribution in [0.1, 0.15) is 69.9 Å². The molecule has 1 N–H and O–H groups in total. The van der Waals surface area contributed by atoms with Gasteiger partial charge in [-0.2, -0.15) is 0 Å².